The highest BCUT2D eigenvalue weighted by atomic mass is 32.2. The largest absolute Gasteiger partial charge is 0.376 e. The summed E-state index contributed by atoms with van der Waals surface area (Å²) in [6, 6.07) is 9.69. The Morgan fingerprint density at radius 1 is 0.905 bits per heavy atom. The van der Waals surface area contributed by atoms with Gasteiger partial charge in [0.1, 0.15) is 4.90 Å². The molecule has 2 aromatic rings. The Morgan fingerprint density at radius 3 is 2.14 bits per heavy atom. The van der Waals surface area contributed by atoms with E-state index in [2.05, 4.69) is 4.18 Å². The fourth-order valence-corrected chi connectivity index (χ4v) is 3.26. The zero-order valence-electron chi connectivity index (χ0n) is 10.9. The van der Waals surface area contributed by atoms with Crippen molar-refractivity contribution in [2.45, 2.75) is 9.79 Å². The van der Waals surface area contributed by atoms with E-state index in [1.54, 1.807) is 0 Å². The number of hydrogen-bond donors (Lipinski definition) is 0. The molecular weight excluding hydrogens is 319 g/mol. The summed E-state index contributed by atoms with van der Waals surface area (Å²) in [5.74, 6) is -1.29. The van der Waals surface area contributed by atoms with E-state index < -0.39 is 31.5 Å². The lowest BCUT2D eigenvalue weighted by molar-refractivity contribution is 0.461. The maximum absolute atomic E-state index is 13.4. The molecule has 0 saturated heterocycles. The molecule has 0 saturated carbocycles. The molecule has 0 fully saturated rings. The Hall–Kier alpha value is -1.93. The molecule has 112 valence electrons. The summed E-state index contributed by atoms with van der Waals surface area (Å²) in [6.07, 6.45) is 0.955. The standard InChI is InChI=1S/C13H11FO5S2/c1-20(15,16)10-5-4-6-11(9-10)21(17,18)19-13-8-3-2-7-12(13)14/h2-9H,1H3. The molecule has 0 aromatic heterocycles. The Morgan fingerprint density at radius 2 is 1.52 bits per heavy atom. The summed E-state index contributed by atoms with van der Waals surface area (Å²) in [4.78, 5) is -0.533. The van der Waals surface area contributed by atoms with Gasteiger partial charge in [0.2, 0.25) is 0 Å². The van der Waals surface area contributed by atoms with Crippen molar-refractivity contribution in [1.29, 1.82) is 0 Å². The van der Waals surface area contributed by atoms with Crippen molar-refractivity contribution in [3.8, 4) is 5.75 Å². The predicted octanol–water partition coefficient (Wildman–Crippen LogP) is 2.00. The fraction of sp³-hybridized carbons (Fsp3) is 0.0769. The second-order valence-corrected chi connectivity index (χ2v) is 7.78. The first-order valence-corrected chi connectivity index (χ1v) is 8.99. The zero-order valence-corrected chi connectivity index (χ0v) is 12.5. The van der Waals surface area contributed by atoms with Crippen molar-refractivity contribution in [1.82, 2.24) is 0 Å². The lowest BCUT2D eigenvalue weighted by atomic mass is 10.3. The SMILES string of the molecule is CS(=O)(=O)c1cccc(S(=O)(=O)Oc2ccccc2F)c1. The van der Waals surface area contributed by atoms with Crippen LogP contribution in [0.5, 0.6) is 5.75 Å². The van der Waals surface area contributed by atoms with Crippen molar-refractivity contribution in [3.05, 3.63) is 54.3 Å². The molecule has 0 aliphatic carbocycles. The number of rotatable bonds is 4. The first-order valence-electron chi connectivity index (χ1n) is 5.69. The minimum Gasteiger partial charge on any atom is -0.376 e. The van der Waals surface area contributed by atoms with Crippen LogP contribution in [-0.2, 0) is 20.0 Å². The molecule has 0 radical (unpaired) electrons. The number of sulfone groups is 1. The molecule has 8 heteroatoms. The zero-order chi connectivity index (χ0) is 15.7. The maximum Gasteiger partial charge on any atom is 0.339 e. The molecule has 5 nitrogen and oxygen atoms in total. The number of halogens is 1. The van der Waals surface area contributed by atoms with Gasteiger partial charge in [-0.05, 0) is 30.3 Å². The van der Waals surface area contributed by atoms with Gasteiger partial charge in [-0.25, -0.2) is 12.8 Å². The van der Waals surface area contributed by atoms with Crippen LogP contribution >= 0.6 is 0 Å². The van der Waals surface area contributed by atoms with Crippen molar-refractivity contribution in [2.24, 2.45) is 0 Å². The van der Waals surface area contributed by atoms with Crippen molar-refractivity contribution in [2.75, 3.05) is 6.26 Å². The van der Waals surface area contributed by atoms with Gasteiger partial charge in [0.05, 0.1) is 4.90 Å². The fourth-order valence-electron chi connectivity index (χ4n) is 1.54. The quantitative estimate of drug-likeness (QED) is 0.801. The van der Waals surface area contributed by atoms with Crippen LogP contribution in [0.15, 0.2) is 58.3 Å². The van der Waals surface area contributed by atoms with Gasteiger partial charge in [-0.2, -0.15) is 8.42 Å². The summed E-state index contributed by atoms with van der Waals surface area (Å²) in [5, 5.41) is 0. The van der Waals surface area contributed by atoms with Crippen molar-refractivity contribution < 1.29 is 25.4 Å². The average molecular weight is 330 g/mol. The molecule has 0 unspecified atom stereocenters. The molecule has 0 aliphatic heterocycles. The third-order valence-corrected chi connectivity index (χ3v) is 4.90. The van der Waals surface area contributed by atoms with E-state index in [9.17, 15) is 21.2 Å². The van der Waals surface area contributed by atoms with E-state index in [4.69, 9.17) is 0 Å². The molecule has 2 rings (SSSR count). The third-order valence-electron chi connectivity index (χ3n) is 2.56. The lowest BCUT2D eigenvalue weighted by Crippen LogP contribution is -2.11. The van der Waals surface area contributed by atoms with Crippen LogP contribution in [0, 0.1) is 5.82 Å². The van der Waals surface area contributed by atoms with Crippen LogP contribution in [0.25, 0.3) is 0 Å². The predicted molar refractivity (Wildman–Crippen MR) is 73.8 cm³/mol. The van der Waals surface area contributed by atoms with Crippen molar-refractivity contribution >= 4 is 20.0 Å². The monoisotopic (exact) mass is 330 g/mol. The second-order valence-electron chi connectivity index (χ2n) is 4.21. The van der Waals surface area contributed by atoms with Crippen molar-refractivity contribution in [3.63, 3.8) is 0 Å². The smallest absolute Gasteiger partial charge is 0.339 e. The second kappa shape index (κ2) is 5.45. The van der Waals surface area contributed by atoms with Crippen LogP contribution in [0.4, 0.5) is 4.39 Å². The van der Waals surface area contributed by atoms with Gasteiger partial charge in [-0.1, -0.05) is 18.2 Å². The van der Waals surface area contributed by atoms with Gasteiger partial charge in [-0.15, -0.1) is 0 Å². The highest BCUT2D eigenvalue weighted by Gasteiger charge is 2.20. The van der Waals surface area contributed by atoms with Crippen LogP contribution in [-0.4, -0.2) is 23.1 Å². The van der Waals surface area contributed by atoms with E-state index in [0.717, 1.165) is 24.5 Å². The topological polar surface area (TPSA) is 77.5 Å². The average Bonchev–Trinajstić information content (AvgIpc) is 2.40. The summed E-state index contributed by atoms with van der Waals surface area (Å²) < 4.78 is 65.1. The maximum atomic E-state index is 13.4. The molecule has 0 amide bonds. The van der Waals surface area contributed by atoms with Gasteiger partial charge >= 0.3 is 10.1 Å². The number of hydrogen-bond acceptors (Lipinski definition) is 5. The van der Waals surface area contributed by atoms with E-state index in [1.807, 2.05) is 0 Å². The minimum absolute atomic E-state index is 0.166. The Kier molecular flexibility index (Phi) is 4.02. The highest BCUT2D eigenvalue weighted by molar-refractivity contribution is 7.90. The van der Waals surface area contributed by atoms with Crippen LogP contribution < -0.4 is 4.18 Å². The lowest BCUT2D eigenvalue weighted by Gasteiger charge is -2.08. The Balaban J connectivity index is 2.44. The van der Waals surface area contributed by atoms with E-state index in [1.165, 1.54) is 30.3 Å². The van der Waals surface area contributed by atoms with Gasteiger partial charge in [0.15, 0.2) is 21.4 Å². The summed E-state index contributed by atoms with van der Waals surface area (Å²) in [5.41, 5.74) is 0. The minimum atomic E-state index is -4.32. The van der Waals surface area contributed by atoms with Gasteiger partial charge in [0, 0.05) is 6.26 Å². The van der Waals surface area contributed by atoms with E-state index in [-0.39, 0.29) is 9.79 Å². The molecule has 0 aliphatic rings. The summed E-state index contributed by atoms with van der Waals surface area (Å²) >= 11 is 0. The normalized spacial score (nSPS) is 12.1. The Bertz CT molecular complexity index is 873. The number of para-hydroxylation sites is 1. The van der Waals surface area contributed by atoms with Gasteiger partial charge in [-0.3, -0.25) is 0 Å². The molecule has 0 bridgehead atoms. The molecule has 0 N–H and O–H groups in total. The molecule has 2 aromatic carbocycles. The van der Waals surface area contributed by atoms with Crippen LogP contribution in [0.3, 0.4) is 0 Å². The molecule has 0 spiro atoms. The molecular formula is C13H11FO5S2. The first-order chi connectivity index (χ1) is 9.70. The Labute approximate surface area is 122 Å². The number of benzene rings is 2. The van der Waals surface area contributed by atoms with E-state index >= 15 is 0 Å². The molecule has 0 heterocycles. The molecule has 0 atom stereocenters. The van der Waals surface area contributed by atoms with E-state index in [0.29, 0.717) is 0 Å². The van der Waals surface area contributed by atoms with Gasteiger partial charge in [0.25, 0.3) is 0 Å². The highest BCUT2D eigenvalue weighted by Crippen LogP contribution is 2.23. The third kappa shape index (κ3) is 3.59. The molecule has 21 heavy (non-hydrogen) atoms. The summed E-state index contributed by atoms with van der Waals surface area (Å²) in [6.45, 7) is 0. The van der Waals surface area contributed by atoms with Crippen LogP contribution in [0.2, 0.25) is 0 Å². The summed E-state index contributed by atoms with van der Waals surface area (Å²) in [7, 11) is -7.88. The van der Waals surface area contributed by atoms with Crippen LogP contribution in [0.1, 0.15) is 0 Å². The first kappa shape index (κ1) is 15.5. The van der Waals surface area contributed by atoms with Gasteiger partial charge < -0.3 is 4.18 Å².